The summed E-state index contributed by atoms with van der Waals surface area (Å²) in [6.45, 7) is 23.4. The molecule has 2 heterocycles. The number of allylic oxidation sites excluding steroid dienone is 6. The number of carbonyl (C=O) groups excluding carboxylic acids is 2. The zero-order valence-electron chi connectivity index (χ0n) is 29.3. The number of Topliss-reactive ketones (excluding diaryl/α,β-unsaturated/α-hetero) is 1. The maximum Gasteiger partial charge on any atom is 0.159 e. The molecular formula is C38H55ClN4O2. The molecule has 45 heavy (non-hydrogen) atoms. The molecule has 0 aliphatic carbocycles. The second-order valence-electron chi connectivity index (χ2n) is 12.0. The van der Waals surface area contributed by atoms with Gasteiger partial charge >= 0.3 is 0 Å². The van der Waals surface area contributed by atoms with Crippen LogP contribution in [0.5, 0.6) is 0 Å². The van der Waals surface area contributed by atoms with E-state index in [0.29, 0.717) is 23.6 Å². The number of carbonyl (C=O) groups is 2. The Hall–Kier alpha value is -3.38. The molecule has 6 nitrogen and oxygen atoms in total. The maximum absolute atomic E-state index is 11.4. The number of piperidine rings is 1. The lowest BCUT2D eigenvalue weighted by Crippen LogP contribution is -2.32. The minimum atomic E-state index is 0.00762. The highest BCUT2D eigenvalue weighted by Crippen LogP contribution is 2.29. The standard InChI is InChI=1S/C18H19ClN2O.C16H28N2.C4H8O/c1-11(2)7-15-10-20-21-18(15)8-12(3)16-6-5-14(13(4)22)9-17(16)19;1-6-15(7-2)12-17-16(13(3)4)18-10-8-14(5)9-11-18;1-2-3-4-5/h5-9H,10H2,1-4H3;6,12,14H,7-11H2,1-5H3;4H,2-3H2,1H3/b12-8+;15-6-,17-12-;. The fourth-order valence-corrected chi connectivity index (χ4v) is 4.97. The monoisotopic (exact) mass is 634 g/mol. The van der Waals surface area contributed by atoms with E-state index in [9.17, 15) is 9.59 Å². The lowest BCUT2D eigenvalue weighted by molar-refractivity contribution is -0.107. The van der Waals surface area contributed by atoms with E-state index in [1.807, 2.05) is 32.2 Å². The van der Waals surface area contributed by atoms with Gasteiger partial charge in [0.1, 0.15) is 12.1 Å². The van der Waals surface area contributed by atoms with Crippen LogP contribution in [0.25, 0.3) is 5.57 Å². The molecule has 2 aliphatic rings. The fraction of sp³-hybridized carbons (Fsp3) is 0.500. The van der Waals surface area contributed by atoms with Crippen molar-refractivity contribution in [2.24, 2.45) is 21.1 Å². The molecule has 0 bridgehead atoms. The molecule has 0 amide bonds. The number of halogens is 1. The van der Waals surface area contributed by atoms with E-state index in [4.69, 9.17) is 16.6 Å². The molecule has 0 spiro atoms. The predicted octanol–water partition coefficient (Wildman–Crippen LogP) is 11.0. The van der Waals surface area contributed by atoms with Crippen molar-refractivity contribution in [2.75, 3.05) is 19.6 Å². The molecule has 3 rings (SSSR count). The summed E-state index contributed by atoms with van der Waals surface area (Å²) in [6.07, 6.45) is 14.5. The highest BCUT2D eigenvalue weighted by atomic mass is 35.5. The highest BCUT2D eigenvalue weighted by molar-refractivity contribution is 6.32. The third-order valence-electron chi connectivity index (χ3n) is 7.43. The molecule has 0 saturated carbocycles. The van der Waals surface area contributed by atoms with Crippen molar-refractivity contribution < 1.29 is 9.59 Å². The fourth-order valence-electron chi connectivity index (χ4n) is 4.64. The quantitative estimate of drug-likeness (QED) is 0.146. The van der Waals surface area contributed by atoms with Crippen LogP contribution < -0.4 is 0 Å². The normalized spacial score (nSPS) is 15.3. The van der Waals surface area contributed by atoms with E-state index in [0.717, 1.165) is 60.5 Å². The van der Waals surface area contributed by atoms with Gasteiger partial charge in [-0.15, -0.1) is 0 Å². The van der Waals surface area contributed by atoms with Gasteiger partial charge in [0.15, 0.2) is 5.78 Å². The summed E-state index contributed by atoms with van der Waals surface area (Å²) < 4.78 is 0. The van der Waals surface area contributed by atoms with Crippen LogP contribution in [-0.4, -0.2) is 42.8 Å². The second-order valence-corrected chi connectivity index (χ2v) is 12.4. The Morgan fingerprint density at radius 3 is 2.20 bits per heavy atom. The van der Waals surface area contributed by atoms with Gasteiger partial charge in [0.25, 0.3) is 0 Å². The molecule has 1 aromatic rings. The minimum absolute atomic E-state index is 0.00762. The van der Waals surface area contributed by atoms with Crippen LogP contribution in [0.2, 0.25) is 5.02 Å². The number of hydrogen-bond donors (Lipinski definition) is 0. The molecule has 0 unspecified atom stereocenters. The van der Waals surface area contributed by atoms with Gasteiger partial charge in [-0.05, 0) is 114 Å². The summed E-state index contributed by atoms with van der Waals surface area (Å²) in [5.74, 6) is 2.05. The summed E-state index contributed by atoms with van der Waals surface area (Å²) in [6, 6.07) is 5.37. The molecule has 246 valence electrons. The van der Waals surface area contributed by atoms with Crippen molar-refractivity contribution in [3.8, 4) is 0 Å². The third-order valence-corrected chi connectivity index (χ3v) is 7.75. The molecule has 1 fully saturated rings. The Morgan fingerprint density at radius 1 is 1.07 bits per heavy atom. The predicted molar refractivity (Wildman–Crippen MR) is 193 cm³/mol. The Kier molecular flexibility index (Phi) is 18.8. The maximum atomic E-state index is 11.4. The first-order valence-electron chi connectivity index (χ1n) is 16.2. The van der Waals surface area contributed by atoms with Gasteiger partial charge in [0, 0.05) is 41.9 Å². The van der Waals surface area contributed by atoms with E-state index >= 15 is 0 Å². The lowest BCUT2D eigenvalue weighted by atomic mass is 9.99. The number of aliphatic imine (C=N–C) groups is 1. The molecule has 2 aliphatic heterocycles. The topological polar surface area (TPSA) is 74.5 Å². The van der Waals surface area contributed by atoms with E-state index in [2.05, 4.69) is 75.7 Å². The molecule has 7 heteroatoms. The first kappa shape index (κ1) is 39.6. The van der Waals surface area contributed by atoms with Gasteiger partial charge in [-0.3, -0.25) is 4.79 Å². The number of azo groups is 1. The van der Waals surface area contributed by atoms with Crippen molar-refractivity contribution in [1.82, 2.24) is 4.90 Å². The second kappa shape index (κ2) is 21.4. The van der Waals surface area contributed by atoms with Crippen molar-refractivity contribution >= 4 is 35.5 Å². The molecule has 0 aromatic heterocycles. The van der Waals surface area contributed by atoms with Crippen LogP contribution in [0.4, 0.5) is 0 Å². The number of rotatable bonds is 10. The van der Waals surface area contributed by atoms with Crippen LogP contribution in [0, 0.1) is 5.92 Å². The lowest BCUT2D eigenvalue weighted by Gasteiger charge is -2.32. The first-order chi connectivity index (χ1) is 21.4. The number of likely N-dealkylation sites (tertiary alicyclic amines) is 1. The Morgan fingerprint density at radius 2 is 1.73 bits per heavy atom. The summed E-state index contributed by atoms with van der Waals surface area (Å²) in [7, 11) is 0. The first-order valence-corrected chi connectivity index (χ1v) is 16.6. The van der Waals surface area contributed by atoms with Crippen LogP contribution in [0.1, 0.15) is 117 Å². The molecule has 0 radical (unpaired) electrons. The molecule has 0 atom stereocenters. The number of ketones is 1. The molecular weight excluding hydrogens is 580 g/mol. The SMILES string of the molecule is C/C=C(\C=N/C(=C(C)C)N1CCC(C)CC1)CC.CC(=O)c1ccc(/C(C)=C/C2=C(C=C(C)C)CN=N2)c(Cl)c1.CCCC=O. The van der Waals surface area contributed by atoms with E-state index in [1.165, 1.54) is 42.3 Å². The average Bonchev–Trinajstić information content (AvgIpc) is 3.42. The number of nitrogens with zero attached hydrogens (tertiary/aromatic N) is 4. The van der Waals surface area contributed by atoms with Crippen molar-refractivity contribution in [2.45, 2.75) is 101 Å². The van der Waals surface area contributed by atoms with Crippen LogP contribution in [0.15, 0.2) is 85.5 Å². The van der Waals surface area contributed by atoms with Crippen molar-refractivity contribution in [1.29, 1.82) is 0 Å². The summed E-state index contributed by atoms with van der Waals surface area (Å²) in [5.41, 5.74) is 8.32. The Bertz CT molecular complexity index is 1350. The van der Waals surface area contributed by atoms with Gasteiger partial charge in [-0.1, -0.05) is 62.2 Å². The van der Waals surface area contributed by atoms with Gasteiger partial charge in [-0.2, -0.15) is 10.2 Å². The zero-order chi connectivity index (χ0) is 33.9. The summed E-state index contributed by atoms with van der Waals surface area (Å²) in [4.78, 5) is 28.0. The third kappa shape index (κ3) is 14.5. The van der Waals surface area contributed by atoms with Crippen molar-refractivity contribution in [3.63, 3.8) is 0 Å². The Labute approximate surface area is 277 Å². The van der Waals surface area contributed by atoms with Gasteiger partial charge < -0.3 is 9.69 Å². The Balaban J connectivity index is 0.000000397. The molecule has 0 N–H and O–H groups in total. The van der Waals surface area contributed by atoms with Gasteiger partial charge in [0.2, 0.25) is 0 Å². The largest absolute Gasteiger partial charge is 0.357 e. The number of benzene rings is 1. The van der Waals surface area contributed by atoms with Gasteiger partial charge in [-0.25, -0.2) is 4.99 Å². The summed E-state index contributed by atoms with van der Waals surface area (Å²) >= 11 is 6.30. The summed E-state index contributed by atoms with van der Waals surface area (Å²) in [5, 5.41) is 8.86. The van der Waals surface area contributed by atoms with Crippen LogP contribution in [-0.2, 0) is 4.79 Å². The number of unbranched alkanes of at least 4 members (excludes halogenated alkanes) is 1. The molecule has 1 saturated heterocycles. The number of hydrogen-bond acceptors (Lipinski definition) is 6. The molecule has 1 aromatic carbocycles. The minimum Gasteiger partial charge on any atom is -0.357 e. The van der Waals surface area contributed by atoms with E-state index < -0.39 is 0 Å². The zero-order valence-corrected chi connectivity index (χ0v) is 30.1. The van der Waals surface area contributed by atoms with Gasteiger partial charge in [0.05, 0.1) is 12.2 Å². The highest BCUT2D eigenvalue weighted by Gasteiger charge is 2.18. The van der Waals surface area contributed by atoms with Crippen molar-refractivity contribution in [3.05, 3.63) is 86.4 Å². The van der Waals surface area contributed by atoms with Crippen LogP contribution >= 0.6 is 11.6 Å². The van der Waals surface area contributed by atoms with E-state index in [-0.39, 0.29) is 5.78 Å². The smallest absolute Gasteiger partial charge is 0.159 e. The van der Waals surface area contributed by atoms with Crippen LogP contribution in [0.3, 0.4) is 0 Å². The number of aldehydes is 1. The van der Waals surface area contributed by atoms with E-state index in [1.54, 1.807) is 12.1 Å². The average molecular weight is 635 g/mol.